The second kappa shape index (κ2) is 6.81. The fraction of sp³-hybridized carbons (Fsp3) is 0.188. The Morgan fingerprint density at radius 3 is 2.92 bits per heavy atom. The zero-order valence-electron chi connectivity index (χ0n) is 13.2. The van der Waals surface area contributed by atoms with E-state index in [1.54, 1.807) is 0 Å². The molecule has 2 heterocycles. The maximum atomic E-state index is 12.5. The number of fused-ring (bicyclic) bond motifs is 1. The van der Waals surface area contributed by atoms with Crippen molar-refractivity contribution in [1.82, 2.24) is 14.9 Å². The lowest BCUT2D eigenvalue weighted by molar-refractivity contribution is -0.384. The fourth-order valence-corrected chi connectivity index (χ4v) is 3.16. The van der Waals surface area contributed by atoms with Gasteiger partial charge in [0.25, 0.3) is 11.2 Å². The van der Waals surface area contributed by atoms with Gasteiger partial charge in [0, 0.05) is 17.0 Å². The van der Waals surface area contributed by atoms with Gasteiger partial charge in [-0.15, -0.1) is 11.3 Å². The van der Waals surface area contributed by atoms with E-state index < -0.39 is 10.5 Å². The summed E-state index contributed by atoms with van der Waals surface area (Å²) in [4.78, 5) is 40.0. The van der Waals surface area contributed by atoms with Crippen LogP contribution < -0.4 is 10.9 Å². The number of nitrogens with one attached hydrogen (secondary N) is 1. The third kappa shape index (κ3) is 3.56. The van der Waals surface area contributed by atoms with Gasteiger partial charge in [-0.3, -0.25) is 24.3 Å². The van der Waals surface area contributed by atoms with E-state index in [0.717, 1.165) is 9.44 Å². The molecule has 0 saturated heterocycles. The molecule has 0 aliphatic carbocycles. The first-order chi connectivity index (χ1) is 12.0. The zero-order valence-corrected chi connectivity index (χ0v) is 14.0. The molecular weight excluding hydrogens is 344 g/mol. The molecule has 0 aliphatic rings. The third-order valence-corrected chi connectivity index (χ3v) is 4.73. The van der Waals surface area contributed by atoms with E-state index in [0.29, 0.717) is 5.52 Å². The number of nitrogens with zero attached hydrogens (tertiary/aromatic N) is 3. The van der Waals surface area contributed by atoms with Crippen LogP contribution in [0.2, 0.25) is 0 Å². The number of hydrogen-bond donors (Lipinski definition) is 1. The molecule has 8 nitrogen and oxygen atoms in total. The lowest BCUT2D eigenvalue weighted by atomic mass is 10.2. The summed E-state index contributed by atoms with van der Waals surface area (Å²) in [7, 11) is 0. The Balaban J connectivity index is 1.83. The number of amides is 1. The van der Waals surface area contributed by atoms with Crippen LogP contribution in [0.4, 0.5) is 5.69 Å². The van der Waals surface area contributed by atoms with Gasteiger partial charge in [-0.2, -0.15) is 0 Å². The Morgan fingerprint density at radius 2 is 2.24 bits per heavy atom. The van der Waals surface area contributed by atoms with Crippen molar-refractivity contribution in [1.29, 1.82) is 0 Å². The number of benzene rings is 1. The van der Waals surface area contributed by atoms with Crippen LogP contribution in [0, 0.1) is 10.1 Å². The van der Waals surface area contributed by atoms with Gasteiger partial charge in [0.1, 0.15) is 6.54 Å². The average molecular weight is 358 g/mol. The number of nitro benzene ring substituents is 1. The Hall–Kier alpha value is -3.07. The number of aromatic nitrogens is 2. The van der Waals surface area contributed by atoms with E-state index in [-0.39, 0.29) is 29.6 Å². The summed E-state index contributed by atoms with van der Waals surface area (Å²) in [6, 6.07) is 7.52. The van der Waals surface area contributed by atoms with E-state index >= 15 is 0 Å². The lowest BCUT2D eigenvalue weighted by Gasteiger charge is -2.13. The summed E-state index contributed by atoms with van der Waals surface area (Å²) >= 11 is 1.53. The topological polar surface area (TPSA) is 107 Å². The molecule has 3 rings (SSSR count). The molecule has 9 heteroatoms. The van der Waals surface area contributed by atoms with Crippen molar-refractivity contribution < 1.29 is 9.72 Å². The van der Waals surface area contributed by atoms with E-state index in [9.17, 15) is 19.7 Å². The van der Waals surface area contributed by atoms with Gasteiger partial charge in [-0.25, -0.2) is 4.98 Å². The highest BCUT2D eigenvalue weighted by molar-refractivity contribution is 7.10. The highest BCUT2D eigenvalue weighted by atomic mass is 32.1. The molecule has 1 aromatic carbocycles. The summed E-state index contributed by atoms with van der Waals surface area (Å²) in [5.41, 5.74) is -0.341. The minimum Gasteiger partial charge on any atom is -0.347 e. The molecule has 1 atom stereocenters. The molecular formula is C16H14N4O4S. The Labute approximate surface area is 145 Å². The maximum Gasteiger partial charge on any atom is 0.270 e. The second-order valence-electron chi connectivity index (χ2n) is 5.44. The highest BCUT2D eigenvalue weighted by Gasteiger charge is 2.14. The SMILES string of the molecule is CC(NC(=O)Cn1cnc2ccc([N+](=O)[O-])cc2c1=O)c1cccs1. The molecule has 128 valence electrons. The van der Waals surface area contributed by atoms with Crippen LogP contribution in [0.5, 0.6) is 0 Å². The molecule has 0 spiro atoms. The third-order valence-electron chi connectivity index (χ3n) is 3.68. The molecule has 3 aromatic rings. The number of nitro groups is 1. The number of hydrogen-bond acceptors (Lipinski definition) is 6. The van der Waals surface area contributed by atoms with Crippen molar-refractivity contribution in [3.05, 3.63) is 67.4 Å². The van der Waals surface area contributed by atoms with Gasteiger partial charge < -0.3 is 5.32 Å². The highest BCUT2D eigenvalue weighted by Crippen LogP contribution is 2.18. The van der Waals surface area contributed by atoms with Crippen LogP contribution in [0.1, 0.15) is 17.8 Å². The summed E-state index contributed by atoms with van der Waals surface area (Å²) in [5, 5.41) is 15.7. The minimum atomic E-state index is -0.578. The van der Waals surface area contributed by atoms with E-state index in [1.165, 1.54) is 35.9 Å². The minimum absolute atomic E-state index is 0.107. The van der Waals surface area contributed by atoms with Crippen LogP contribution in [-0.2, 0) is 11.3 Å². The van der Waals surface area contributed by atoms with Gasteiger partial charge in [-0.1, -0.05) is 6.07 Å². The standard InChI is InChI=1S/C16H14N4O4S/c1-10(14-3-2-6-25-14)18-15(21)8-19-9-17-13-5-4-11(20(23)24)7-12(13)16(19)22/h2-7,9-10H,8H2,1H3,(H,18,21). The summed E-state index contributed by atoms with van der Waals surface area (Å²) in [6.07, 6.45) is 1.27. The van der Waals surface area contributed by atoms with Crippen LogP contribution in [0.15, 0.2) is 46.8 Å². The Bertz CT molecular complexity index is 997. The maximum absolute atomic E-state index is 12.5. The zero-order chi connectivity index (χ0) is 18.0. The molecule has 1 unspecified atom stereocenters. The second-order valence-corrected chi connectivity index (χ2v) is 6.42. The van der Waals surface area contributed by atoms with Crippen LogP contribution >= 0.6 is 11.3 Å². The van der Waals surface area contributed by atoms with Crippen molar-refractivity contribution in [2.45, 2.75) is 19.5 Å². The molecule has 25 heavy (non-hydrogen) atoms. The van der Waals surface area contributed by atoms with Crippen molar-refractivity contribution in [3.63, 3.8) is 0 Å². The first-order valence-corrected chi connectivity index (χ1v) is 8.30. The van der Waals surface area contributed by atoms with Gasteiger partial charge in [0.15, 0.2) is 0 Å². The summed E-state index contributed by atoms with van der Waals surface area (Å²) in [6.45, 7) is 1.65. The predicted octanol–water partition coefficient (Wildman–Crippen LogP) is 2.24. The number of non-ortho nitro benzene ring substituents is 1. The first-order valence-electron chi connectivity index (χ1n) is 7.42. The Morgan fingerprint density at radius 1 is 1.44 bits per heavy atom. The molecule has 1 N–H and O–H groups in total. The first kappa shape index (κ1) is 16.8. The Kier molecular flexibility index (Phi) is 4.57. The molecule has 0 fully saturated rings. The van der Waals surface area contributed by atoms with Gasteiger partial charge >= 0.3 is 0 Å². The predicted molar refractivity (Wildman–Crippen MR) is 93.5 cm³/mol. The molecule has 0 aliphatic heterocycles. The summed E-state index contributed by atoms with van der Waals surface area (Å²) in [5.74, 6) is -0.338. The van der Waals surface area contributed by atoms with Crippen molar-refractivity contribution in [3.8, 4) is 0 Å². The van der Waals surface area contributed by atoms with Crippen LogP contribution in [0.25, 0.3) is 10.9 Å². The quantitative estimate of drug-likeness (QED) is 0.556. The summed E-state index contributed by atoms with van der Waals surface area (Å²) < 4.78 is 1.14. The molecule has 0 radical (unpaired) electrons. The van der Waals surface area contributed by atoms with E-state index in [4.69, 9.17) is 0 Å². The van der Waals surface area contributed by atoms with Crippen molar-refractivity contribution >= 4 is 33.8 Å². The van der Waals surface area contributed by atoms with E-state index in [1.807, 2.05) is 24.4 Å². The molecule has 0 bridgehead atoms. The number of carbonyl (C=O) groups excluding carboxylic acids is 1. The fourth-order valence-electron chi connectivity index (χ4n) is 2.42. The van der Waals surface area contributed by atoms with Crippen molar-refractivity contribution in [2.75, 3.05) is 0 Å². The van der Waals surface area contributed by atoms with E-state index in [2.05, 4.69) is 10.3 Å². The number of thiophene rings is 1. The smallest absolute Gasteiger partial charge is 0.270 e. The molecule has 1 amide bonds. The normalized spacial score (nSPS) is 12.0. The largest absolute Gasteiger partial charge is 0.347 e. The average Bonchev–Trinajstić information content (AvgIpc) is 3.12. The van der Waals surface area contributed by atoms with Gasteiger partial charge in [0.2, 0.25) is 5.91 Å². The lowest BCUT2D eigenvalue weighted by Crippen LogP contribution is -2.33. The van der Waals surface area contributed by atoms with Gasteiger partial charge in [-0.05, 0) is 24.4 Å². The monoisotopic (exact) mass is 358 g/mol. The molecule has 2 aromatic heterocycles. The number of rotatable bonds is 5. The number of carbonyl (C=O) groups is 1. The van der Waals surface area contributed by atoms with Crippen LogP contribution in [0.3, 0.4) is 0 Å². The van der Waals surface area contributed by atoms with Crippen LogP contribution in [-0.4, -0.2) is 20.4 Å². The van der Waals surface area contributed by atoms with Gasteiger partial charge in [0.05, 0.1) is 28.2 Å². The molecule has 0 saturated carbocycles. The van der Waals surface area contributed by atoms with Crippen molar-refractivity contribution in [2.24, 2.45) is 0 Å².